The summed E-state index contributed by atoms with van der Waals surface area (Å²) in [6.45, 7) is 3.78. The van der Waals surface area contributed by atoms with Gasteiger partial charge in [0, 0.05) is 11.3 Å². The van der Waals surface area contributed by atoms with Crippen LogP contribution in [0.2, 0.25) is 0 Å². The maximum absolute atomic E-state index is 12.0. The fourth-order valence-corrected chi connectivity index (χ4v) is 2.47. The number of carboxylic acid groups (broad SMARTS) is 1. The molecule has 6 nitrogen and oxygen atoms in total. The van der Waals surface area contributed by atoms with Crippen LogP contribution < -0.4 is 5.32 Å². The normalized spacial score (nSPS) is 11.8. The molecule has 0 spiro atoms. The molecule has 1 heterocycles. The standard InChI is InChI=1S/C13H17NO5S/c1-7-6-10(20-8(7)2)12(16)14-9(13(17)18)4-5-11(15)19-3/h6,9H,4-5H2,1-3H3,(H,14,16)(H,17,18)/t9-/m0/s1. The molecule has 110 valence electrons. The molecule has 1 aromatic rings. The van der Waals surface area contributed by atoms with E-state index in [0.29, 0.717) is 4.88 Å². The Hall–Kier alpha value is -1.89. The first kappa shape index (κ1) is 16.2. The molecule has 0 aliphatic rings. The van der Waals surface area contributed by atoms with Gasteiger partial charge in [0.25, 0.3) is 5.91 Å². The van der Waals surface area contributed by atoms with Crippen molar-refractivity contribution in [3.8, 4) is 0 Å². The van der Waals surface area contributed by atoms with Crippen molar-refractivity contribution in [1.29, 1.82) is 0 Å². The molecule has 0 saturated heterocycles. The second kappa shape index (κ2) is 7.04. The number of hydrogen-bond donors (Lipinski definition) is 2. The summed E-state index contributed by atoms with van der Waals surface area (Å²) in [5.74, 6) is -2.12. The van der Waals surface area contributed by atoms with Crippen LogP contribution in [-0.2, 0) is 14.3 Å². The molecule has 0 aromatic carbocycles. The topological polar surface area (TPSA) is 92.7 Å². The summed E-state index contributed by atoms with van der Waals surface area (Å²) in [6, 6.07) is 0.610. The molecule has 1 aromatic heterocycles. The molecule has 20 heavy (non-hydrogen) atoms. The van der Waals surface area contributed by atoms with Gasteiger partial charge in [-0.1, -0.05) is 0 Å². The highest BCUT2D eigenvalue weighted by atomic mass is 32.1. The lowest BCUT2D eigenvalue weighted by molar-refractivity contribution is -0.142. The minimum Gasteiger partial charge on any atom is -0.480 e. The highest BCUT2D eigenvalue weighted by Gasteiger charge is 2.22. The third-order valence-electron chi connectivity index (χ3n) is 2.86. The van der Waals surface area contributed by atoms with E-state index in [4.69, 9.17) is 5.11 Å². The minimum atomic E-state index is -1.17. The van der Waals surface area contributed by atoms with Crippen LogP contribution in [0.4, 0.5) is 0 Å². The number of nitrogens with one attached hydrogen (secondary N) is 1. The van der Waals surface area contributed by atoms with Crippen LogP contribution in [0.1, 0.15) is 33.0 Å². The highest BCUT2D eigenvalue weighted by molar-refractivity contribution is 7.14. The number of esters is 1. The van der Waals surface area contributed by atoms with Crippen LogP contribution in [-0.4, -0.2) is 36.1 Å². The SMILES string of the molecule is COC(=O)CC[C@H](NC(=O)c1cc(C)c(C)s1)C(=O)O. The summed E-state index contributed by atoms with van der Waals surface area (Å²) in [5.41, 5.74) is 0.988. The van der Waals surface area contributed by atoms with Gasteiger partial charge in [-0.15, -0.1) is 11.3 Å². The number of rotatable bonds is 6. The molecule has 1 atom stereocenters. The zero-order chi connectivity index (χ0) is 15.3. The van der Waals surface area contributed by atoms with Crippen LogP contribution >= 0.6 is 11.3 Å². The van der Waals surface area contributed by atoms with Crippen molar-refractivity contribution in [3.05, 3.63) is 21.4 Å². The van der Waals surface area contributed by atoms with E-state index < -0.39 is 23.9 Å². The van der Waals surface area contributed by atoms with Crippen molar-refractivity contribution in [1.82, 2.24) is 5.32 Å². The molecule has 0 radical (unpaired) electrons. The van der Waals surface area contributed by atoms with Gasteiger partial charge in [-0.05, 0) is 31.9 Å². The van der Waals surface area contributed by atoms with Crippen LogP contribution in [0, 0.1) is 13.8 Å². The fourth-order valence-electron chi connectivity index (χ4n) is 1.54. The molecule has 0 saturated carbocycles. The maximum atomic E-state index is 12.0. The number of aliphatic carboxylic acids is 1. The minimum absolute atomic E-state index is 0.00289. The van der Waals surface area contributed by atoms with Crippen LogP contribution in [0.15, 0.2) is 6.07 Å². The van der Waals surface area contributed by atoms with E-state index in [1.165, 1.54) is 18.4 Å². The fraction of sp³-hybridized carbons (Fsp3) is 0.462. The van der Waals surface area contributed by atoms with Gasteiger partial charge < -0.3 is 15.2 Å². The Bertz CT molecular complexity index is 503. The third kappa shape index (κ3) is 4.34. The van der Waals surface area contributed by atoms with E-state index in [1.54, 1.807) is 6.07 Å². The van der Waals surface area contributed by atoms with Crippen LogP contribution in [0.5, 0.6) is 0 Å². The van der Waals surface area contributed by atoms with Crippen molar-refractivity contribution in [2.24, 2.45) is 0 Å². The number of amides is 1. The van der Waals surface area contributed by atoms with Crippen molar-refractivity contribution in [2.45, 2.75) is 32.7 Å². The summed E-state index contributed by atoms with van der Waals surface area (Å²) in [4.78, 5) is 35.5. The van der Waals surface area contributed by atoms with E-state index in [2.05, 4.69) is 10.1 Å². The smallest absolute Gasteiger partial charge is 0.326 e. The van der Waals surface area contributed by atoms with Crippen LogP contribution in [0.25, 0.3) is 0 Å². The Labute approximate surface area is 120 Å². The molecule has 0 bridgehead atoms. The number of carboxylic acids is 1. The van der Waals surface area contributed by atoms with Crippen molar-refractivity contribution in [2.75, 3.05) is 7.11 Å². The van der Waals surface area contributed by atoms with E-state index in [0.717, 1.165) is 10.4 Å². The monoisotopic (exact) mass is 299 g/mol. The lowest BCUT2D eigenvalue weighted by atomic mass is 10.1. The predicted octanol–water partition coefficient (Wildman–Crippen LogP) is 1.50. The first-order chi connectivity index (χ1) is 9.35. The molecular weight excluding hydrogens is 282 g/mol. The molecule has 0 fully saturated rings. The zero-order valence-corrected chi connectivity index (χ0v) is 12.4. The van der Waals surface area contributed by atoms with Gasteiger partial charge in [-0.3, -0.25) is 9.59 Å². The van der Waals surface area contributed by atoms with Crippen LogP contribution in [0.3, 0.4) is 0 Å². The predicted molar refractivity (Wildman–Crippen MR) is 73.9 cm³/mol. The van der Waals surface area contributed by atoms with Gasteiger partial charge in [0.1, 0.15) is 6.04 Å². The molecule has 7 heteroatoms. The molecule has 1 rings (SSSR count). The average molecular weight is 299 g/mol. The van der Waals surface area contributed by atoms with Gasteiger partial charge in [-0.25, -0.2) is 4.79 Å². The quantitative estimate of drug-likeness (QED) is 0.777. The molecule has 1 amide bonds. The van der Waals surface area contributed by atoms with Gasteiger partial charge >= 0.3 is 11.9 Å². The zero-order valence-electron chi connectivity index (χ0n) is 11.6. The second-order valence-corrected chi connectivity index (χ2v) is 5.59. The Morgan fingerprint density at radius 2 is 2.05 bits per heavy atom. The number of thiophene rings is 1. The van der Waals surface area contributed by atoms with Gasteiger partial charge in [-0.2, -0.15) is 0 Å². The second-order valence-electron chi connectivity index (χ2n) is 4.33. The Kier molecular flexibility index (Phi) is 5.69. The Morgan fingerprint density at radius 3 is 2.50 bits per heavy atom. The number of carbonyl (C=O) groups excluding carboxylic acids is 2. The van der Waals surface area contributed by atoms with Gasteiger partial charge in [0.05, 0.1) is 12.0 Å². The summed E-state index contributed by atoms with van der Waals surface area (Å²) >= 11 is 1.31. The average Bonchev–Trinajstić information content (AvgIpc) is 2.73. The lowest BCUT2D eigenvalue weighted by Crippen LogP contribution is -2.40. The Morgan fingerprint density at radius 1 is 1.40 bits per heavy atom. The number of ether oxygens (including phenoxy) is 1. The van der Waals surface area contributed by atoms with Gasteiger partial charge in [0.15, 0.2) is 0 Å². The molecular formula is C13H17NO5S. The number of carbonyl (C=O) groups is 3. The van der Waals surface area contributed by atoms with Crippen molar-refractivity contribution < 1.29 is 24.2 Å². The summed E-state index contributed by atoms with van der Waals surface area (Å²) in [6.07, 6.45) is -0.0622. The first-order valence-electron chi connectivity index (χ1n) is 6.02. The largest absolute Gasteiger partial charge is 0.480 e. The lowest BCUT2D eigenvalue weighted by Gasteiger charge is -2.13. The number of aryl methyl sites for hydroxylation is 2. The van der Waals surface area contributed by atoms with E-state index in [1.807, 2.05) is 13.8 Å². The molecule has 0 unspecified atom stereocenters. The Balaban J connectivity index is 2.68. The molecule has 0 aliphatic carbocycles. The number of methoxy groups -OCH3 is 1. The van der Waals surface area contributed by atoms with E-state index in [9.17, 15) is 14.4 Å². The molecule has 2 N–H and O–H groups in total. The maximum Gasteiger partial charge on any atom is 0.326 e. The summed E-state index contributed by atoms with van der Waals surface area (Å²) in [5, 5.41) is 11.5. The van der Waals surface area contributed by atoms with Crippen molar-refractivity contribution >= 4 is 29.2 Å². The number of hydrogen-bond acceptors (Lipinski definition) is 5. The van der Waals surface area contributed by atoms with E-state index >= 15 is 0 Å². The highest BCUT2D eigenvalue weighted by Crippen LogP contribution is 2.20. The summed E-state index contributed by atoms with van der Waals surface area (Å²) in [7, 11) is 1.23. The van der Waals surface area contributed by atoms with Gasteiger partial charge in [0.2, 0.25) is 0 Å². The van der Waals surface area contributed by atoms with Crippen molar-refractivity contribution in [3.63, 3.8) is 0 Å². The third-order valence-corrected chi connectivity index (χ3v) is 4.01. The summed E-state index contributed by atoms with van der Waals surface area (Å²) < 4.78 is 4.45. The first-order valence-corrected chi connectivity index (χ1v) is 6.84. The molecule has 0 aliphatic heterocycles. The van der Waals surface area contributed by atoms with E-state index in [-0.39, 0.29) is 12.8 Å².